The van der Waals surface area contributed by atoms with E-state index in [4.69, 9.17) is 16.3 Å². The van der Waals surface area contributed by atoms with Crippen molar-refractivity contribution in [1.82, 2.24) is 0 Å². The molecule has 0 heterocycles. The fourth-order valence-corrected chi connectivity index (χ4v) is 3.51. The third kappa shape index (κ3) is 9.21. The van der Waals surface area contributed by atoms with Crippen molar-refractivity contribution in [3.63, 3.8) is 0 Å². The number of carboxylic acids is 1. The molecule has 0 saturated heterocycles. The lowest BCUT2D eigenvalue weighted by atomic mass is 9.81. The number of carbonyl (C=O) groups is 1. The molecule has 156 valence electrons. The Hall–Kier alpha value is -0.930. The van der Waals surface area contributed by atoms with Gasteiger partial charge in [0.05, 0.1) is 5.02 Å². The van der Waals surface area contributed by atoms with Gasteiger partial charge in [0.25, 0.3) is 0 Å². The summed E-state index contributed by atoms with van der Waals surface area (Å²) in [6, 6.07) is 5.73. The number of hydrogen-bond acceptors (Lipinski definition) is 2. The first-order valence-corrected chi connectivity index (χ1v) is 10.4. The highest BCUT2D eigenvalue weighted by Gasteiger charge is 2.23. The molecule has 0 aliphatic rings. The summed E-state index contributed by atoms with van der Waals surface area (Å²) in [6.45, 7) is 8.75. The summed E-state index contributed by atoms with van der Waals surface area (Å²) < 4.78 is 5.73. The summed E-state index contributed by atoms with van der Waals surface area (Å²) in [7, 11) is 0. The Morgan fingerprint density at radius 2 is 1.74 bits per heavy atom. The minimum Gasteiger partial charge on any atom is -0.479 e. The van der Waals surface area contributed by atoms with Gasteiger partial charge >= 0.3 is 5.97 Å². The lowest BCUT2D eigenvalue weighted by Crippen LogP contribution is -2.27. The van der Waals surface area contributed by atoms with E-state index in [-0.39, 0.29) is 17.8 Å². The highest BCUT2D eigenvalue weighted by Crippen LogP contribution is 2.34. The number of ether oxygens (including phenoxy) is 1. The van der Waals surface area contributed by atoms with Crippen LogP contribution in [0, 0.1) is 0 Å². The van der Waals surface area contributed by atoms with E-state index >= 15 is 0 Å². The highest BCUT2D eigenvalue weighted by atomic mass is 35.5. The van der Waals surface area contributed by atoms with Crippen LogP contribution in [0.15, 0.2) is 18.2 Å². The average Bonchev–Trinajstić information content (AvgIpc) is 2.57. The van der Waals surface area contributed by atoms with Crippen molar-refractivity contribution in [2.24, 2.45) is 0 Å². The second-order valence-electron chi connectivity index (χ2n) is 7.78. The predicted octanol–water partition coefficient (Wildman–Crippen LogP) is 7.42. The molecular weight excluding hydrogens is 383 g/mol. The molecule has 3 nitrogen and oxygen atoms in total. The van der Waals surface area contributed by atoms with E-state index in [2.05, 4.69) is 27.7 Å². The van der Waals surface area contributed by atoms with Crippen molar-refractivity contribution < 1.29 is 14.6 Å². The third-order valence-corrected chi connectivity index (χ3v) is 5.25. The minimum absolute atomic E-state index is 0. The standard InChI is InChI=1S/C22H35ClO3.ClH/c1-5-7-8-9-10-11-12-20(21(24)25)26-19-14-13-17(16-18(19)23)22(3,4)15-6-2;/h13-14,16,20H,5-12,15H2,1-4H3,(H,24,25);1H. The number of unbranched alkanes of at least 4 members (excludes halogenated alkanes) is 5. The normalized spacial score (nSPS) is 12.3. The van der Waals surface area contributed by atoms with Gasteiger partial charge in [-0.25, -0.2) is 4.79 Å². The second kappa shape index (κ2) is 13.3. The molecule has 0 amide bonds. The van der Waals surface area contributed by atoms with E-state index in [9.17, 15) is 9.90 Å². The monoisotopic (exact) mass is 418 g/mol. The van der Waals surface area contributed by atoms with Crippen LogP contribution >= 0.6 is 24.0 Å². The lowest BCUT2D eigenvalue weighted by molar-refractivity contribution is -0.145. The SMILES string of the molecule is CCCCCCCCC(Oc1ccc(C(C)(C)CCC)cc1Cl)C(=O)O.Cl. The Labute approximate surface area is 176 Å². The van der Waals surface area contributed by atoms with E-state index in [0.29, 0.717) is 17.2 Å². The first-order chi connectivity index (χ1) is 12.3. The Bertz CT molecular complexity index is 558. The van der Waals surface area contributed by atoms with Gasteiger partial charge in [-0.05, 0) is 42.4 Å². The fourth-order valence-electron chi connectivity index (χ4n) is 3.28. The molecular formula is C22H36Cl2O3. The van der Waals surface area contributed by atoms with Crippen molar-refractivity contribution in [2.45, 2.75) is 97.0 Å². The van der Waals surface area contributed by atoms with Crippen molar-refractivity contribution in [3.8, 4) is 5.75 Å². The summed E-state index contributed by atoms with van der Waals surface area (Å²) in [5, 5.41) is 9.94. The summed E-state index contributed by atoms with van der Waals surface area (Å²) in [4.78, 5) is 11.5. The fraction of sp³-hybridized carbons (Fsp3) is 0.682. The molecule has 1 N–H and O–H groups in total. The van der Waals surface area contributed by atoms with Crippen LogP contribution in [0.4, 0.5) is 0 Å². The molecule has 0 fully saturated rings. The van der Waals surface area contributed by atoms with E-state index < -0.39 is 12.1 Å². The average molecular weight is 419 g/mol. The van der Waals surface area contributed by atoms with Crippen LogP contribution in [0.25, 0.3) is 0 Å². The first kappa shape index (κ1) is 26.1. The summed E-state index contributed by atoms with van der Waals surface area (Å²) >= 11 is 6.38. The van der Waals surface area contributed by atoms with Gasteiger partial charge in [-0.3, -0.25) is 0 Å². The first-order valence-electron chi connectivity index (χ1n) is 10.0. The highest BCUT2D eigenvalue weighted by molar-refractivity contribution is 6.32. The molecule has 0 aromatic heterocycles. The zero-order valence-corrected chi connectivity index (χ0v) is 18.8. The minimum atomic E-state index is -0.926. The van der Waals surface area contributed by atoms with Gasteiger partial charge in [0.15, 0.2) is 6.10 Å². The Balaban J connectivity index is 0.00000676. The third-order valence-electron chi connectivity index (χ3n) is 4.95. The summed E-state index contributed by atoms with van der Waals surface area (Å²) in [6.07, 6.45) is 8.58. The van der Waals surface area contributed by atoms with Crippen molar-refractivity contribution in [3.05, 3.63) is 28.8 Å². The maximum atomic E-state index is 11.5. The second-order valence-corrected chi connectivity index (χ2v) is 8.19. The Morgan fingerprint density at radius 3 is 2.30 bits per heavy atom. The number of halogens is 2. The van der Waals surface area contributed by atoms with Gasteiger partial charge in [-0.1, -0.05) is 83.9 Å². The Kier molecular flexibility index (Phi) is 12.8. The number of aliphatic carboxylic acids is 1. The molecule has 1 aromatic rings. The molecule has 0 bridgehead atoms. The molecule has 5 heteroatoms. The lowest BCUT2D eigenvalue weighted by Gasteiger charge is -2.25. The van der Waals surface area contributed by atoms with E-state index in [1.165, 1.54) is 19.3 Å². The molecule has 1 unspecified atom stereocenters. The van der Waals surface area contributed by atoms with Crippen LogP contribution in [-0.4, -0.2) is 17.2 Å². The Morgan fingerprint density at radius 1 is 1.11 bits per heavy atom. The summed E-state index contributed by atoms with van der Waals surface area (Å²) in [5.74, 6) is -0.467. The van der Waals surface area contributed by atoms with Gasteiger partial charge in [-0.15, -0.1) is 12.4 Å². The maximum absolute atomic E-state index is 11.5. The van der Waals surface area contributed by atoms with Gasteiger partial charge < -0.3 is 9.84 Å². The van der Waals surface area contributed by atoms with Crippen LogP contribution in [-0.2, 0) is 10.2 Å². The van der Waals surface area contributed by atoms with Gasteiger partial charge in [0, 0.05) is 0 Å². The van der Waals surface area contributed by atoms with Crippen molar-refractivity contribution in [1.29, 1.82) is 0 Å². The van der Waals surface area contributed by atoms with E-state index in [1.54, 1.807) is 0 Å². The zero-order chi connectivity index (χ0) is 19.6. The van der Waals surface area contributed by atoms with Crippen LogP contribution in [0.2, 0.25) is 5.02 Å². The van der Waals surface area contributed by atoms with Crippen LogP contribution in [0.5, 0.6) is 5.75 Å². The van der Waals surface area contributed by atoms with Crippen molar-refractivity contribution >= 4 is 30.0 Å². The molecule has 1 atom stereocenters. The van der Waals surface area contributed by atoms with Crippen molar-refractivity contribution in [2.75, 3.05) is 0 Å². The topological polar surface area (TPSA) is 46.5 Å². The van der Waals surface area contributed by atoms with E-state index in [0.717, 1.165) is 37.7 Å². The quantitative estimate of drug-likeness (QED) is 0.338. The van der Waals surface area contributed by atoms with Crippen LogP contribution in [0.1, 0.15) is 91.0 Å². The summed E-state index contributed by atoms with van der Waals surface area (Å²) in [5.41, 5.74) is 1.20. The smallest absolute Gasteiger partial charge is 0.344 e. The van der Waals surface area contributed by atoms with Gasteiger partial charge in [0.2, 0.25) is 0 Å². The molecule has 1 rings (SSSR count). The van der Waals surface area contributed by atoms with Gasteiger partial charge in [-0.2, -0.15) is 0 Å². The molecule has 1 aromatic carbocycles. The molecule has 27 heavy (non-hydrogen) atoms. The van der Waals surface area contributed by atoms with Crippen LogP contribution in [0.3, 0.4) is 0 Å². The molecule has 0 aliphatic heterocycles. The van der Waals surface area contributed by atoms with Gasteiger partial charge in [0.1, 0.15) is 5.75 Å². The number of carboxylic acid groups (broad SMARTS) is 1. The molecule has 0 aliphatic carbocycles. The molecule has 0 spiro atoms. The number of hydrogen-bond donors (Lipinski definition) is 1. The van der Waals surface area contributed by atoms with E-state index in [1.807, 2.05) is 18.2 Å². The molecule has 0 radical (unpaired) electrons. The number of rotatable bonds is 13. The maximum Gasteiger partial charge on any atom is 0.344 e. The largest absolute Gasteiger partial charge is 0.479 e. The zero-order valence-electron chi connectivity index (χ0n) is 17.2. The predicted molar refractivity (Wildman–Crippen MR) is 117 cm³/mol. The van der Waals surface area contributed by atoms with Crippen LogP contribution < -0.4 is 4.74 Å². The number of benzene rings is 1. The molecule has 0 saturated carbocycles.